The first-order valence-corrected chi connectivity index (χ1v) is 8.10. The largest absolute Gasteiger partial charge is 0.307 e. The van der Waals surface area contributed by atoms with E-state index >= 15 is 0 Å². The highest BCUT2D eigenvalue weighted by molar-refractivity contribution is 6.03. The van der Waals surface area contributed by atoms with Crippen molar-refractivity contribution in [2.75, 3.05) is 0 Å². The van der Waals surface area contributed by atoms with E-state index in [1.54, 1.807) is 12.2 Å². The number of allylic oxidation sites excluding steroid dienone is 4. The Morgan fingerprint density at radius 1 is 1.30 bits per heavy atom. The maximum absolute atomic E-state index is 12.6. The Balaban J connectivity index is 2.29. The third-order valence-corrected chi connectivity index (χ3v) is 6.31. The van der Waals surface area contributed by atoms with Gasteiger partial charge in [0.1, 0.15) is 0 Å². The minimum Gasteiger partial charge on any atom is -0.307 e. The molecule has 0 heterocycles. The number of Topliss-reactive ketones (excluding diaryl/α,β-unsaturated/α-hetero) is 1. The van der Waals surface area contributed by atoms with Gasteiger partial charge in [-0.2, -0.15) is 0 Å². The van der Waals surface area contributed by atoms with Crippen molar-refractivity contribution in [3.8, 4) is 12.3 Å². The van der Waals surface area contributed by atoms with Crippen LogP contribution in [0.3, 0.4) is 0 Å². The number of ketones is 2. The van der Waals surface area contributed by atoms with E-state index in [0.717, 1.165) is 18.4 Å². The van der Waals surface area contributed by atoms with E-state index in [-0.39, 0.29) is 23.2 Å². The molecule has 118 valence electrons. The molecule has 0 aromatic carbocycles. The van der Waals surface area contributed by atoms with Crippen LogP contribution in [0.2, 0.25) is 0 Å². The Morgan fingerprint density at radius 2 is 2.00 bits per heavy atom. The highest BCUT2D eigenvalue weighted by Gasteiger charge is 2.59. The highest BCUT2D eigenvalue weighted by Crippen LogP contribution is 2.63. The summed E-state index contributed by atoms with van der Waals surface area (Å²) in [5.74, 6) is 3.02. The summed E-state index contributed by atoms with van der Waals surface area (Å²) in [5, 5.41) is 0. The van der Waals surface area contributed by atoms with Gasteiger partial charge in [-0.1, -0.05) is 32.8 Å². The molecule has 1 fully saturated rings. The van der Waals surface area contributed by atoms with Crippen LogP contribution in [-0.2, 0) is 9.59 Å². The summed E-state index contributed by atoms with van der Waals surface area (Å²) in [6, 6.07) is 0. The Morgan fingerprint density at radius 3 is 2.61 bits per heavy atom. The predicted octanol–water partition coefficient (Wildman–Crippen LogP) is 3.72. The number of nitrogens with zero attached hydrogens (tertiary/aromatic N) is 1. The summed E-state index contributed by atoms with van der Waals surface area (Å²) in [6.07, 6.45) is 12.2. The Hall–Kier alpha value is -2.13. The Labute approximate surface area is 137 Å². The Kier molecular flexibility index (Phi) is 3.21. The normalized spacial score (nSPS) is 38.4. The molecule has 0 aromatic rings. The predicted molar refractivity (Wildman–Crippen MR) is 87.9 cm³/mol. The van der Waals surface area contributed by atoms with Crippen LogP contribution in [0, 0.1) is 41.1 Å². The first kappa shape index (κ1) is 15.8. The van der Waals surface area contributed by atoms with Crippen LogP contribution in [-0.4, -0.2) is 11.6 Å². The molecule has 3 heteroatoms. The van der Waals surface area contributed by atoms with Gasteiger partial charge < -0.3 is 4.79 Å². The van der Waals surface area contributed by atoms with Gasteiger partial charge in [0.2, 0.25) is 5.70 Å². The van der Waals surface area contributed by atoms with E-state index in [4.69, 9.17) is 13.0 Å². The second-order valence-corrected chi connectivity index (χ2v) is 7.82. The van der Waals surface area contributed by atoms with Crippen LogP contribution in [0.4, 0.5) is 0 Å². The summed E-state index contributed by atoms with van der Waals surface area (Å²) >= 11 is 0. The molecular formula is C20H21NO2. The minimum absolute atomic E-state index is 0.0617. The topological polar surface area (TPSA) is 38.5 Å². The van der Waals surface area contributed by atoms with Crippen molar-refractivity contribution in [2.45, 2.75) is 46.5 Å². The molecular weight excluding hydrogens is 286 g/mol. The van der Waals surface area contributed by atoms with Gasteiger partial charge in [0, 0.05) is 17.3 Å². The van der Waals surface area contributed by atoms with E-state index in [2.05, 4.69) is 10.8 Å². The van der Waals surface area contributed by atoms with Gasteiger partial charge in [-0.15, -0.1) is 6.42 Å². The maximum atomic E-state index is 12.6. The summed E-state index contributed by atoms with van der Waals surface area (Å²) in [7, 11) is 0. The van der Waals surface area contributed by atoms with Crippen LogP contribution < -0.4 is 0 Å². The monoisotopic (exact) mass is 307 g/mol. The number of hydrogen-bond donors (Lipinski definition) is 0. The molecule has 0 N–H and O–H groups in total. The molecule has 3 rings (SSSR count). The first-order chi connectivity index (χ1) is 10.7. The first-order valence-electron chi connectivity index (χ1n) is 8.10. The van der Waals surface area contributed by atoms with Crippen molar-refractivity contribution in [3.63, 3.8) is 0 Å². The van der Waals surface area contributed by atoms with Gasteiger partial charge in [-0.25, -0.2) is 4.85 Å². The van der Waals surface area contributed by atoms with Gasteiger partial charge in [0.15, 0.2) is 11.6 Å². The van der Waals surface area contributed by atoms with Crippen LogP contribution in [0.5, 0.6) is 0 Å². The molecule has 0 aliphatic heterocycles. The fourth-order valence-electron chi connectivity index (χ4n) is 5.08. The molecule has 0 bridgehead atoms. The summed E-state index contributed by atoms with van der Waals surface area (Å²) < 4.78 is 0. The van der Waals surface area contributed by atoms with Crippen molar-refractivity contribution in [1.29, 1.82) is 0 Å². The SMILES string of the molecule is [C-]#[N+]C1=CC2(C)C3=CC(=O)CCC3(C#C)CCC2C(C)(C)C1=O. The lowest BCUT2D eigenvalue weighted by Gasteiger charge is -2.57. The molecule has 3 aliphatic rings. The van der Waals surface area contributed by atoms with Gasteiger partial charge in [-0.3, -0.25) is 4.79 Å². The van der Waals surface area contributed by atoms with E-state index in [1.807, 2.05) is 20.8 Å². The molecule has 0 aromatic heterocycles. The zero-order valence-electron chi connectivity index (χ0n) is 13.9. The lowest BCUT2D eigenvalue weighted by Crippen LogP contribution is -2.53. The Bertz CT molecular complexity index is 755. The van der Waals surface area contributed by atoms with Gasteiger partial charge in [-0.05, 0) is 36.8 Å². The third kappa shape index (κ3) is 1.89. The number of carbonyl (C=O) groups is 2. The van der Waals surface area contributed by atoms with E-state index < -0.39 is 16.2 Å². The lowest BCUT2D eigenvalue weighted by atomic mass is 9.45. The number of terminal acetylenes is 1. The van der Waals surface area contributed by atoms with Gasteiger partial charge in [0.25, 0.3) is 0 Å². The number of fused-ring (bicyclic) bond motifs is 3. The second kappa shape index (κ2) is 4.68. The maximum Gasteiger partial charge on any atom is 0.226 e. The fourth-order valence-corrected chi connectivity index (χ4v) is 5.08. The quantitative estimate of drug-likeness (QED) is 0.505. The standard InChI is InChI=1S/C20H21NO2/c1-6-20-9-7-13(22)11-16(20)19(4)12-14(21-5)17(23)18(2,3)15(19)8-10-20/h1,11-12,15H,7-10H2,2-4H3. The molecule has 0 spiro atoms. The van der Waals surface area contributed by atoms with Crippen molar-refractivity contribution in [1.82, 2.24) is 0 Å². The van der Waals surface area contributed by atoms with Crippen LogP contribution in [0.15, 0.2) is 23.4 Å². The van der Waals surface area contributed by atoms with E-state index in [1.165, 1.54) is 0 Å². The molecule has 3 nitrogen and oxygen atoms in total. The molecule has 3 aliphatic carbocycles. The van der Waals surface area contributed by atoms with E-state index in [0.29, 0.717) is 12.8 Å². The number of carbonyl (C=O) groups excluding carboxylic acids is 2. The molecule has 1 saturated carbocycles. The molecule has 0 radical (unpaired) electrons. The lowest BCUT2D eigenvalue weighted by molar-refractivity contribution is -0.130. The van der Waals surface area contributed by atoms with Crippen LogP contribution in [0.25, 0.3) is 4.85 Å². The summed E-state index contributed by atoms with van der Waals surface area (Å²) in [5.41, 5.74) is -0.398. The van der Waals surface area contributed by atoms with Crippen molar-refractivity contribution >= 4 is 11.6 Å². The van der Waals surface area contributed by atoms with Crippen molar-refractivity contribution in [3.05, 3.63) is 34.8 Å². The van der Waals surface area contributed by atoms with Crippen LogP contribution in [0.1, 0.15) is 46.5 Å². The second-order valence-electron chi connectivity index (χ2n) is 7.82. The summed E-state index contributed by atoms with van der Waals surface area (Å²) in [4.78, 5) is 28.2. The fraction of sp³-hybridized carbons (Fsp3) is 0.550. The zero-order chi connectivity index (χ0) is 17.0. The highest BCUT2D eigenvalue weighted by atomic mass is 16.1. The van der Waals surface area contributed by atoms with Crippen molar-refractivity contribution in [2.24, 2.45) is 22.2 Å². The molecule has 23 heavy (non-hydrogen) atoms. The molecule has 3 atom stereocenters. The molecule has 0 amide bonds. The summed E-state index contributed by atoms with van der Waals surface area (Å²) in [6.45, 7) is 13.3. The number of hydrogen-bond acceptors (Lipinski definition) is 2. The average Bonchev–Trinajstić information content (AvgIpc) is 2.52. The molecule has 0 saturated heterocycles. The third-order valence-electron chi connectivity index (χ3n) is 6.31. The molecule has 3 unspecified atom stereocenters. The average molecular weight is 307 g/mol. The minimum atomic E-state index is -0.620. The van der Waals surface area contributed by atoms with Crippen LogP contribution >= 0.6 is 0 Å². The number of rotatable bonds is 0. The zero-order valence-corrected chi connectivity index (χ0v) is 13.9. The van der Waals surface area contributed by atoms with Gasteiger partial charge >= 0.3 is 0 Å². The van der Waals surface area contributed by atoms with Gasteiger partial charge in [0.05, 0.1) is 12.0 Å². The van der Waals surface area contributed by atoms with Crippen molar-refractivity contribution < 1.29 is 9.59 Å². The smallest absolute Gasteiger partial charge is 0.226 e. The van der Waals surface area contributed by atoms with E-state index in [9.17, 15) is 9.59 Å².